The van der Waals surface area contributed by atoms with Crippen LogP contribution in [0.4, 0.5) is 11.4 Å². The molecule has 1 N–H and O–H groups in total. The van der Waals surface area contributed by atoms with E-state index >= 15 is 0 Å². The molecular formula is C21H25N3O2. The van der Waals surface area contributed by atoms with Crippen LogP contribution in [0.25, 0.3) is 0 Å². The molecule has 5 heteroatoms. The van der Waals surface area contributed by atoms with Gasteiger partial charge < -0.3 is 15.1 Å². The predicted octanol–water partition coefficient (Wildman–Crippen LogP) is 3.38. The topological polar surface area (TPSA) is 52.7 Å². The highest BCUT2D eigenvalue weighted by atomic mass is 16.2. The highest BCUT2D eigenvalue weighted by molar-refractivity contribution is 5.97. The van der Waals surface area contributed by atoms with Gasteiger partial charge in [0, 0.05) is 49.0 Å². The van der Waals surface area contributed by atoms with E-state index in [-0.39, 0.29) is 23.9 Å². The van der Waals surface area contributed by atoms with Crippen molar-refractivity contribution in [2.45, 2.75) is 32.9 Å². The second-order valence-electron chi connectivity index (χ2n) is 6.91. The lowest BCUT2D eigenvalue weighted by molar-refractivity contribution is -0.114. The average molecular weight is 351 g/mol. The van der Waals surface area contributed by atoms with Gasteiger partial charge in [0.2, 0.25) is 5.91 Å². The summed E-state index contributed by atoms with van der Waals surface area (Å²) < 4.78 is 0. The van der Waals surface area contributed by atoms with Crippen LogP contribution in [0.1, 0.15) is 31.1 Å². The van der Waals surface area contributed by atoms with Crippen LogP contribution in [-0.4, -0.2) is 41.9 Å². The number of rotatable bonds is 3. The van der Waals surface area contributed by atoms with Crippen molar-refractivity contribution in [1.82, 2.24) is 4.90 Å². The van der Waals surface area contributed by atoms with Gasteiger partial charge in [-0.15, -0.1) is 0 Å². The van der Waals surface area contributed by atoms with E-state index in [1.54, 1.807) is 24.3 Å². The number of hydrogen-bond acceptors (Lipinski definition) is 3. The smallest absolute Gasteiger partial charge is 0.254 e. The van der Waals surface area contributed by atoms with Crippen molar-refractivity contribution < 1.29 is 9.59 Å². The lowest BCUT2D eigenvalue weighted by Crippen LogP contribution is -2.58. The minimum Gasteiger partial charge on any atom is -0.363 e. The van der Waals surface area contributed by atoms with Crippen LogP contribution in [0.15, 0.2) is 54.6 Å². The maximum Gasteiger partial charge on any atom is 0.254 e. The highest BCUT2D eigenvalue weighted by Gasteiger charge is 2.32. The van der Waals surface area contributed by atoms with Crippen LogP contribution in [0.3, 0.4) is 0 Å². The van der Waals surface area contributed by atoms with Gasteiger partial charge in [-0.05, 0) is 44.2 Å². The maximum absolute atomic E-state index is 13.0. The lowest BCUT2D eigenvalue weighted by Gasteiger charge is -2.46. The van der Waals surface area contributed by atoms with Crippen LogP contribution in [0, 0.1) is 0 Å². The van der Waals surface area contributed by atoms with Gasteiger partial charge in [-0.25, -0.2) is 0 Å². The van der Waals surface area contributed by atoms with Gasteiger partial charge in [-0.2, -0.15) is 0 Å². The first kappa shape index (κ1) is 18.0. The molecule has 0 aromatic heterocycles. The molecule has 5 nitrogen and oxygen atoms in total. The first-order chi connectivity index (χ1) is 12.5. The van der Waals surface area contributed by atoms with Gasteiger partial charge in [-0.3, -0.25) is 9.59 Å². The fourth-order valence-corrected chi connectivity index (χ4v) is 3.71. The molecule has 1 heterocycles. The molecule has 0 saturated carbocycles. The second-order valence-corrected chi connectivity index (χ2v) is 6.91. The Balaban J connectivity index is 1.75. The molecule has 0 radical (unpaired) electrons. The minimum absolute atomic E-state index is 0.00335. The molecule has 0 spiro atoms. The molecule has 1 saturated heterocycles. The third-order valence-corrected chi connectivity index (χ3v) is 4.69. The summed E-state index contributed by atoms with van der Waals surface area (Å²) in [6.45, 7) is 7.10. The Labute approximate surface area is 154 Å². The normalized spacial score (nSPS) is 20.0. The molecule has 0 bridgehead atoms. The van der Waals surface area contributed by atoms with Crippen molar-refractivity contribution in [3.63, 3.8) is 0 Å². The zero-order chi connectivity index (χ0) is 18.7. The number of nitrogens with zero attached hydrogens (tertiary/aromatic N) is 2. The Bertz CT molecular complexity index is 779. The summed E-state index contributed by atoms with van der Waals surface area (Å²) >= 11 is 0. The molecule has 0 aliphatic carbocycles. The van der Waals surface area contributed by atoms with E-state index in [4.69, 9.17) is 0 Å². The number of carbonyl (C=O) groups is 2. The van der Waals surface area contributed by atoms with Crippen molar-refractivity contribution >= 4 is 23.2 Å². The molecule has 136 valence electrons. The molecule has 2 aromatic rings. The number of carbonyl (C=O) groups excluding carboxylic acids is 2. The van der Waals surface area contributed by atoms with Crippen LogP contribution in [0.2, 0.25) is 0 Å². The first-order valence-corrected chi connectivity index (χ1v) is 8.96. The third-order valence-electron chi connectivity index (χ3n) is 4.69. The van der Waals surface area contributed by atoms with E-state index < -0.39 is 0 Å². The van der Waals surface area contributed by atoms with Gasteiger partial charge in [0.15, 0.2) is 0 Å². The summed E-state index contributed by atoms with van der Waals surface area (Å²) in [6, 6.07) is 17.9. The van der Waals surface area contributed by atoms with E-state index in [1.165, 1.54) is 12.6 Å². The molecule has 1 fully saturated rings. The fraction of sp³-hybridized carbons (Fsp3) is 0.333. The third kappa shape index (κ3) is 3.87. The summed E-state index contributed by atoms with van der Waals surface area (Å²) in [4.78, 5) is 28.5. The van der Waals surface area contributed by atoms with E-state index in [9.17, 15) is 9.59 Å². The van der Waals surface area contributed by atoms with Crippen molar-refractivity contribution in [1.29, 1.82) is 0 Å². The fourth-order valence-electron chi connectivity index (χ4n) is 3.71. The molecule has 1 aliphatic rings. The Morgan fingerprint density at radius 2 is 1.62 bits per heavy atom. The molecule has 2 amide bonds. The molecule has 2 atom stereocenters. The molecule has 2 unspecified atom stereocenters. The zero-order valence-electron chi connectivity index (χ0n) is 15.5. The second kappa shape index (κ2) is 7.60. The quantitative estimate of drug-likeness (QED) is 0.922. The largest absolute Gasteiger partial charge is 0.363 e. The summed E-state index contributed by atoms with van der Waals surface area (Å²) in [5.41, 5.74) is 2.43. The number of nitrogens with one attached hydrogen (secondary N) is 1. The SMILES string of the molecule is CC(=O)Nc1cccc(C(=O)N2CC(C)N(c3ccccc3)C(C)C2)c1. The van der Waals surface area contributed by atoms with Crippen molar-refractivity contribution in [3.05, 3.63) is 60.2 Å². The van der Waals surface area contributed by atoms with Crippen LogP contribution in [0.5, 0.6) is 0 Å². The Morgan fingerprint density at radius 1 is 0.962 bits per heavy atom. The number of benzene rings is 2. The van der Waals surface area contributed by atoms with E-state index in [2.05, 4.69) is 36.2 Å². The zero-order valence-corrected chi connectivity index (χ0v) is 15.5. The number of para-hydroxylation sites is 1. The minimum atomic E-state index is -0.145. The van der Waals surface area contributed by atoms with Gasteiger partial charge in [0.1, 0.15) is 0 Å². The molecular weight excluding hydrogens is 326 g/mol. The predicted molar refractivity (Wildman–Crippen MR) is 104 cm³/mol. The Hall–Kier alpha value is -2.82. The van der Waals surface area contributed by atoms with Crippen molar-refractivity contribution in [3.8, 4) is 0 Å². The van der Waals surface area contributed by atoms with E-state index in [1.807, 2.05) is 23.1 Å². The van der Waals surface area contributed by atoms with Crippen LogP contribution >= 0.6 is 0 Å². The Morgan fingerprint density at radius 3 is 2.23 bits per heavy atom. The average Bonchev–Trinajstić information content (AvgIpc) is 2.61. The number of amides is 2. The van der Waals surface area contributed by atoms with Crippen molar-refractivity contribution in [2.24, 2.45) is 0 Å². The summed E-state index contributed by atoms with van der Waals surface area (Å²) in [6.07, 6.45) is 0. The molecule has 3 rings (SSSR count). The summed E-state index contributed by atoms with van der Waals surface area (Å²) in [5.74, 6) is -0.142. The van der Waals surface area contributed by atoms with Gasteiger partial charge in [-0.1, -0.05) is 24.3 Å². The first-order valence-electron chi connectivity index (χ1n) is 8.96. The molecule has 1 aliphatic heterocycles. The van der Waals surface area contributed by atoms with E-state index in [0.29, 0.717) is 24.3 Å². The summed E-state index contributed by atoms with van der Waals surface area (Å²) in [5, 5.41) is 2.73. The van der Waals surface area contributed by atoms with Crippen LogP contribution < -0.4 is 10.2 Å². The van der Waals surface area contributed by atoms with Gasteiger partial charge in [0.05, 0.1) is 0 Å². The number of anilines is 2. The monoisotopic (exact) mass is 351 g/mol. The van der Waals surface area contributed by atoms with Crippen LogP contribution in [-0.2, 0) is 4.79 Å². The summed E-state index contributed by atoms with van der Waals surface area (Å²) in [7, 11) is 0. The van der Waals surface area contributed by atoms with Gasteiger partial charge >= 0.3 is 0 Å². The lowest BCUT2D eigenvalue weighted by atomic mass is 10.0. The van der Waals surface area contributed by atoms with E-state index in [0.717, 1.165) is 0 Å². The standard InChI is InChI=1S/C21H25N3O2/c1-15-13-23(14-16(2)24(15)20-10-5-4-6-11-20)21(26)18-8-7-9-19(12-18)22-17(3)25/h4-12,15-16H,13-14H2,1-3H3,(H,22,25). The highest BCUT2D eigenvalue weighted by Crippen LogP contribution is 2.25. The van der Waals surface area contributed by atoms with Gasteiger partial charge in [0.25, 0.3) is 5.91 Å². The van der Waals surface area contributed by atoms with Crippen molar-refractivity contribution in [2.75, 3.05) is 23.3 Å². The maximum atomic E-state index is 13.0. The number of hydrogen-bond donors (Lipinski definition) is 1. The number of piperazine rings is 1. The Kier molecular flexibility index (Phi) is 5.26. The molecule has 26 heavy (non-hydrogen) atoms. The molecule has 2 aromatic carbocycles.